The summed E-state index contributed by atoms with van der Waals surface area (Å²) in [6, 6.07) is 13.2. The third-order valence-electron chi connectivity index (χ3n) is 4.01. The minimum Gasteiger partial charge on any atom is -0.452 e. The van der Waals surface area contributed by atoms with Crippen molar-refractivity contribution in [1.82, 2.24) is 4.90 Å². The monoisotopic (exact) mass is 405 g/mol. The molecule has 0 spiro atoms. The lowest BCUT2D eigenvalue weighted by Gasteiger charge is -2.22. The van der Waals surface area contributed by atoms with E-state index in [9.17, 15) is 14.0 Å². The van der Waals surface area contributed by atoms with Crippen LogP contribution >= 0.6 is 15.9 Å². The molecule has 1 aliphatic rings. The van der Waals surface area contributed by atoms with E-state index in [4.69, 9.17) is 4.74 Å². The van der Waals surface area contributed by atoms with Crippen molar-refractivity contribution in [3.63, 3.8) is 0 Å². The van der Waals surface area contributed by atoms with E-state index < -0.39 is 5.97 Å². The zero-order valence-electron chi connectivity index (χ0n) is 13.5. The maximum Gasteiger partial charge on any atom is 0.338 e. The first kappa shape index (κ1) is 17.6. The fourth-order valence-electron chi connectivity index (χ4n) is 2.50. The van der Waals surface area contributed by atoms with Gasteiger partial charge in [-0.1, -0.05) is 34.1 Å². The van der Waals surface area contributed by atoms with Gasteiger partial charge in [-0.15, -0.1) is 0 Å². The molecule has 2 aromatic rings. The van der Waals surface area contributed by atoms with Crippen LogP contribution in [0, 0.1) is 5.82 Å². The lowest BCUT2D eigenvalue weighted by atomic mass is 10.2. The second kappa shape index (κ2) is 7.78. The summed E-state index contributed by atoms with van der Waals surface area (Å²) in [5, 5.41) is 0. The number of nitrogens with zero attached hydrogens (tertiary/aromatic N) is 1. The Hall–Kier alpha value is -2.21. The summed E-state index contributed by atoms with van der Waals surface area (Å²) in [5.74, 6) is -1.20. The van der Waals surface area contributed by atoms with Gasteiger partial charge in [-0.2, -0.15) is 0 Å². The van der Waals surface area contributed by atoms with Crippen LogP contribution in [0.25, 0.3) is 0 Å². The van der Waals surface area contributed by atoms with Crippen LogP contribution in [-0.4, -0.2) is 29.4 Å². The van der Waals surface area contributed by atoms with Gasteiger partial charge in [0.1, 0.15) is 5.82 Å². The summed E-state index contributed by atoms with van der Waals surface area (Å²) in [5.41, 5.74) is 0.838. The largest absolute Gasteiger partial charge is 0.452 e. The predicted molar refractivity (Wildman–Crippen MR) is 94.4 cm³/mol. The molecule has 2 aromatic carbocycles. The van der Waals surface area contributed by atoms with Gasteiger partial charge in [0.15, 0.2) is 6.61 Å². The molecular formula is C19H17BrFNO3. The van der Waals surface area contributed by atoms with Crippen LogP contribution in [0.1, 0.15) is 28.8 Å². The molecule has 1 aliphatic carbocycles. The average Bonchev–Trinajstić information content (AvgIpc) is 3.44. The van der Waals surface area contributed by atoms with Crippen LogP contribution in [0.15, 0.2) is 53.0 Å². The van der Waals surface area contributed by atoms with E-state index in [2.05, 4.69) is 15.9 Å². The van der Waals surface area contributed by atoms with Crippen molar-refractivity contribution in [2.75, 3.05) is 6.61 Å². The molecule has 25 heavy (non-hydrogen) atoms. The van der Waals surface area contributed by atoms with Crippen LogP contribution < -0.4 is 0 Å². The summed E-state index contributed by atoms with van der Waals surface area (Å²) < 4.78 is 19.8. The van der Waals surface area contributed by atoms with Crippen LogP contribution in [-0.2, 0) is 16.1 Å². The van der Waals surface area contributed by atoms with Gasteiger partial charge in [-0.25, -0.2) is 9.18 Å². The maximum atomic E-state index is 13.8. The molecule has 0 heterocycles. The van der Waals surface area contributed by atoms with E-state index >= 15 is 0 Å². The van der Waals surface area contributed by atoms with Gasteiger partial charge in [-0.3, -0.25) is 4.79 Å². The lowest BCUT2D eigenvalue weighted by Crippen LogP contribution is -2.36. The van der Waals surface area contributed by atoms with Gasteiger partial charge in [0.2, 0.25) is 0 Å². The number of hydrogen-bond donors (Lipinski definition) is 0. The van der Waals surface area contributed by atoms with Crippen molar-refractivity contribution in [3.05, 3.63) is 69.9 Å². The highest BCUT2D eigenvalue weighted by Gasteiger charge is 2.33. The molecule has 6 heteroatoms. The summed E-state index contributed by atoms with van der Waals surface area (Å²) in [6.07, 6.45) is 1.78. The second-order valence-electron chi connectivity index (χ2n) is 5.93. The average molecular weight is 406 g/mol. The van der Waals surface area contributed by atoms with E-state index in [0.29, 0.717) is 11.1 Å². The number of rotatable bonds is 6. The zero-order chi connectivity index (χ0) is 17.8. The molecule has 0 aliphatic heterocycles. The molecule has 0 bridgehead atoms. The molecule has 1 saturated carbocycles. The Balaban J connectivity index is 1.61. The molecule has 4 nitrogen and oxygen atoms in total. The van der Waals surface area contributed by atoms with Gasteiger partial charge in [0.25, 0.3) is 5.91 Å². The number of ether oxygens (including phenoxy) is 1. The van der Waals surface area contributed by atoms with Gasteiger partial charge in [-0.05, 0) is 43.2 Å². The number of benzene rings is 2. The Morgan fingerprint density at radius 1 is 1.12 bits per heavy atom. The standard InChI is InChI=1S/C19H17BrFNO3/c20-15-7-5-13(6-8-15)19(24)25-12-18(23)22(16-9-10-16)11-14-3-1-2-4-17(14)21/h1-8,16H,9-12H2. The Bertz CT molecular complexity index is 774. The van der Waals surface area contributed by atoms with Crippen molar-refractivity contribution in [1.29, 1.82) is 0 Å². The molecule has 0 N–H and O–H groups in total. The highest BCUT2D eigenvalue weighted by molar-refractivity contribution is 9.10. The molecule has 0 aromatic heterocycles. The summed E-state index contributed by atoms with van der Waals surface area (Å²) in [6.45, 7) is -0.161. The minimum atomic E-state index is -0.553. The normalized spacial score (nSPS) is 13.4. The van der Waals surface area contributed by atoms with Crippen LogP contribution in [0.4, 0.5) is 4.39 Å². The highest BCUT2D eigenvalue weighted by Crippen LogP contribution is 2.29. The third-order valence-corrected chi connectivity index (χ3v) is 4.54. The van der Waals surface area contributed by atoms with E-state index in [1.54, 1.807) is 47.4 Å². The Kier molecular flexibility index (Phi) is 5.48. The predicted octanol–water partition coefficient (Wildman–Crippen LogP) is 3.94. The second-order valence-corrected chi connectivity index (χ2v) is 6.84. The molecular weight excluding hydrogens is 389 g/mol. The minimum absolute atomic E-state index is 0.0958. The van der Waals surface area contributed by atoms with Crippen LogP contribution in [0.2, 0.25) is 0 Å². The number of amides is 1. The summed E-state index contributed by atoms with van der Waals surface area (Å²) in [7, 11) is 0. The summed E-state index contributed by atoms with van der Waals surface area (Å²) >= 11 is 3.29. The van der Waals surface area contributed by atoms with Crippen molar-refractivity contribution in [2.45, 2.75) is 25.4 Å². The molecule has 130 valence electrons. The fourth-order valence-corrected chi connectivity index (χ4v) is 2.76. The number of esters is 1. The first-order valence-electron chi connectivity index (χ1n) is 8.00. The molecule has 0 unspecified atom stereocenters. The Morgan fingerprint density at radius 3 is 2.44 bits per heavy atom. The van der Waals surface area contributed by atoms with Crippen molar-refractivity contribution >= 4 is 27.8 Å². The number of hydrogen-bond acceptors (Lipinski definition) is 3. The van der Waals surface area contributed by atoms with Gasteiger partial charge >= 0.3 is 5.97 Å². The fraction of sp³-hybridized carbons (Fsp3) is 0.263. The molecule has 0 atom stereocenters. The first-order valence-corrected chi connectivity index (χ1v) is 8.79. The van der Waals surface area contributed by atoms with E-state index in [1.807, 2.05) is 0 Å². The molecule has 1 fully saturated rings. The zero-order valence-corrected chi connectivity index (χ0v) is 15.0. The summed E-state index contributed by atoms with van der Waals surface area (Å²) in [4.78, 5) is 26.1. The van der Waals surface area contributed by atoms with E-state index in [1.165, 1.54) is 6.07 Å². The van der Waals surface area contributed by atoms with Crippen LogP contribution in [0.5, 0.6) is 0 Å². The lowest BCUT2D eigenvalue weighted by molar-refractivity contribution is -0.135. The van der Waals surface area contributed by atoms with E-state index in [0.717, 1.165) is 17.3 Å². The van der Waals surface area contributed by atoms with Gasteiger partial charge in [0, 0.05) is 22.6 Å². The molecule has 3 rings (SSSR count). The topological polar surface area (TPSA) is 46.6 Å². The third kappa shape index (κ3) is 4.66. The number of carbonyl (C=O) groups is 2. The SMILES string of the molecule is O=C(OCC(=O)N(Cc1ccccc1F)C1CC1)c1ccc(Br)cc1. The molecule has 0 saturated heterocycles. The first-order chi connectivity index (χ1) is 12.0. The maximum absolute atomic E-state index is 13.8. The molecule has 0 radical (unpaired) electrons. The smallest absolute Gasteiger partial charge is 0.338 e. The van der Waals surface area contributed by atoms with Crippen LogP contribution in [0.3, 0.4) is 0 Å². The van der Waals surface area contributed by atoms with Crippen molar-refractivity contribution in [3.8, 4) is 0 Å². The quantitative estimate of drug-likeness (QED) is 0.683. The highest BCUT2D eigenvalue weighted by atomic mass is 79.9. The Morgan fingerprint density at radius 2 is 1.80 bits per heavy atom. The van der Waals surface area contributed by atoms with Gasteiger partial charge < -0.3 is 9.64 Å². The van der Waals surface area contributed by atoms with E-state index in [-0.39, 0.29) is 30.9 Å². The Labute approximate surface area is 153 Å². The number of carbonyl (C=O) groups excluding carboxylic acids is 2. The number of halogens is 2. The van der Waals surface area contributed by atoms with Gasteiger partial charge in [0.05, 0.1) is 5.56 Å². The van der Waals surface area contributed by atoms with Crippen molar-refractivity contribution in [2.24, 2.45) is 0 Å². The molecule has 1 amide bonds. The van der Waals surface area contributed by atoms with Crippen molar-refractivity contribution < 1.29 is 18.7 Å².